The van der Waals surface area contributed by atoms with Gasteiger partial charge in [0.05, 0.1) is 30.0 Å². The Hall–Kier alpha value is -4.13. The Morgan fingerprint density at radius 3 is 2.37 bits per heavy atom. The summed E-state index contributed by atoms with van der Waals surface area (Å²) in [6.45, 7) is 8.36. The third kappa shape index (κ3) is 12.8. The average molecular weight is 763 g/mol. The van der Waals surface area contributed by atoms with E-state index in [0.29, 0.717) is 21.9 Å². The van der Waals surface area contributed by atoms with Crippen molar-refractivity contribution in [2.24, 2.45) is 23.0 Å². The van der Waals surface area contributed by atoms with Crippen molar-refractivity contribution in [3.63, 3.8) is 0 Å². The van der Waals surface area contributed by atoms with Crippen LogP contribution in [0.2, 0.25) is 5.02 Å². The zero-order valence-corrected chi connectivity index (χ0v) is 31.9. The number of cyclic esters (lactones) is 2. The molecule has 0 bridgehead atoms. The minimum absolute atomic E-state index is 0.0348. The highest BCUT2D eigenvalue weighted by Gasteiger charge is 2.39. The molecule has 1 aliphatic heterocycles. The normalized spacial score (nSPS) is 23.2. The molecule has 0 saturated carbocycles. The van der Waals surface area contributed by atoms with E-state index in [4.69, 9.17) is 47.9 Å². The number of alkyl halides is 1. The molecule has 0 spiro atoms. The average Bonchev–Trinajstić information content (AvgIpc) is 3.10. The molecule has 1 heterocycles. The van der Waals surface area contributed by atoms with E-state index in [1.54, 1.807) is 56.3 Å². The van der Waals surface area contributed by atoms with Crippen molar-refractivity contribution in [2.75, 3.05) is 20.2 Å². The van der Waals surface area contributed by atoms with Crippen molar-refractivity contribution in [1.82, 2.24) is 10.6 Å². The number of carbonyl (C=O) groups is 5. The van der Waals surface area contributed by atoms with E-state index in [1.165, 1.54) is 19.3 Å². The first kappa shape index (κ1) is 42.3. The predicted molar refractivity (Wildman–Crippen MR) is 197 cm³/mol. The maximum atomic E-state index is 13.8. The van der Waals surface area contributed by atoms with E-state index in [-0.39, 0.29) is 25.8 Å². The van der Waals surface area contributed by atoms with Crippen molar-refractivity contribution in [3.8, 4) is 5.75 Å². The Labute approximate surface area is 315 Å². The largest absolute Gasteiger partial charge is 0.495 e. The minimum atomic E-state index is -1.31. The Morgan fingerprint density at radius 2 is 1.75 bits per heavy atom. The number of methoxy groups -OCH3 is 1. The molecule has 284 valence electrons. The molecule has 52 heavy (non-hydrogen) atoms. The van der Waals surface area contributed by atoms with Gasteiger partial charge >= 0.3 is 17.9 Å². The highest BCUT2D eigenvalue weighted by molar-refractivity contribution is 6.32. The van der Waals surface area contributed by atoms with Gasteiger partial charge in [-0.25, -0.2) is 4.79 Å². The van der Waals surface area contributed by atoms with E-state index in [1.807, 2.05) is 26.8 Å². The van der Waals surface area contributed by atoms with Crippen LogP contribution in [0.25, 0.3) is 0 Å². The fourth-order valence-corrected chi connectivity index (χ4v) is 6.23. The third-order valence-electron chi connectivity index (χ3n) is 8.44. The van der Waals surface area contributed by atoms with Gasteiger partial charge in [0.1, 0.15) is 24.0 Å². The number of halogens is 2. The first-order valence-electron chi connectivity index (χ1n) is 17.1. The zero-order chi connectivity index (χ0) is 38.6. The minimum Gasteiger partial charge on any atom is -0.495 e. The highest BCUT2D eigenvalue weighted by atomic mass is 35.5. The lowest BCUT2D eigenvalue weighted by Gasteiger charge is -2.34. The van der Waals surface area contributed by atoms with Gasteiger partial charge in [0.2, 0.25) is 11.8 Å². The van der Waals surface area contributed by atoms with Crippen LogP contribution in [0, 0.1) is 17.3 Å². The Bertz CT molecular complexity index is 1580. The lowest BCUT2D eigenvalue weighted by atomic mass is 9.88. The number of ether oxygens (including phenoxy) is 4. The molecule has 0 aliphatic carbocycles. The third-order valence-corrected chi connectivity index (χ3v) is 9.24. The van der Waals surface area contributed by atoms with Crippen LogP contribution in [-0.4, -0.2) is 74.3 Å². The second-order valence-electron chi connectivity index (χ2n) is 14.0. The number of carbonyl (C=O) groups excluding carboxylic acids is 5. The summed E-state index contributed by atoms with van der Waals surface area (Å²) in [5, 5.41) is 4.89. The Morgan fingerprint density at radius 1 is 1.06 bits per heavy atom. The van der Waals surface area contributed by atoms with Crippen LogP contribution >= 0.6 is 23.2 Å². The van der Waals surface area contributed by atoms with Crippen molar-refractivity contribution in [2.45, 2.75) is 83.6 Å². The van der Waals surface area contributed by atoms with Crippen molar-refractivity contribution in [1.29, 1.82) is 0 Å². The van der Waals surface area contributed by atoms with Gasteiger partial charge in [-0.05, 0) is 34.8 Å². The first-order valence-corrected chi connectivity index (χ1v) is 17.9. The molecule has 0 radical (unpaired) electrons. The standard InChI is InChI=1S/C38H49Cl2N3O9/c1-22-21-42-35(46)27(18-24-15-16-29(49-6)26(39)17-24)43-31(44)14-10-13-28(50-37(48)30(51-36(22)47)19-38(3,4)5)23(2)34(52-32(45)20-41)33(40)25-11-8-7-9-12-25/h7-12,14-17,22-23,27-28,30,33-34H,13,18-21,41H2,1-6H3,(H,42,46)(H,43,44)/b14-10+/t22-,23+,27-,28+,30+,33+,34-/m1/s1. The molecular weight excluding hydrogens is 713 g/mol. The van der Waals surface area contributed by atoms with Crippen LogP contribution < -0.4 is 21.1 Å². The number of nitrogens with one attached hydrogen (secondary N) is 2. The quantitative estimate of drug-likeness (QED) is 0.173. The molecule has 0 aromatic heterocycles. The van der Waals surface area contributed by atoms with Crippen molar-refractivity contribution >= 4 is 52.9 Å². The predicted octanol–water partition coefficient (Wildman–Crippen LogP) is 4.83. The van der Waals surface area contributed by atoms with Gasteiger partial charge in [-0.3, -0.25) is 19.2 Å². The fourth-order valence-electron chi connectivity index (χ4n) is 5.52. The second kappa shape index (κ2) is 19.6. The van der Waals surface area contributed by atoms with E-state index < -0.39 is 83.2 Å². The van der Waals surface area contributed by atoms with Crippen LogP contribution in [-0.2, 0) is 44.6 Å². The summed E-state index contributed by atoms with van der Waals surface area (Å²) in [6.07, 6.45) is -0.490. The maximum Gasteiger partial charge on any atom is 0.347 e. The van der Waals surface area contributed by atoms with Crippen LogP contribution in [0.3, 0.4) is 0 Å². The number of benzene rings is 2. The number of hydrogen-bond acceptors (Lipinski definition) is 10. The monoisotopic (exact) mass is 761 g/mol. The molecule has 2 aromatic carbocycles. The van der Waals surface area contributed by atoms with Crippen LogP contribution in [0.4, 0.5) is 0 Å². The van der Waals surface area contributed by atoms with Crippen LogP contribution in [0.15, 0.2) is 60.7 Å². The summed E-state index contributed by atoms with van der Waals surface area (Å²) in [5.41, 5.74) is 6.42. The molecular formula is C38H49Cl2N3O9. The molecule has 4 N–H and O–H groups in total. The van der Waals surface area contributed by atoms with E-state index in [2.05, 4.69) is 10.6 Å². The van der Waals surface area contributed by atoms with Crippen LogP contribution in [0.5, 0.6) is 5.75 Å². The van der Waals surface area contributed by atoms with Gasteiger partial charge in [-0.2, -0.15) is 0 Å². The van der Waals surface area contributed by atoms with Gasteiger partial charge in [0.15, 0.2) is 6.10 Å². The molecule has 2 amide bonds. The Balaban J connectivity index is 2.02. The molecule has 7 atom stereocenters. The molecule has 0 saturated heterocycles. The zero-order valence-electron chi connectivity index (χ0n) is 30.4. The smallest absolute Gasteiger partial charge is 0.347 e. The molecule has 12 nitrogen and oxygen atoms in total. The molecule has 2 aromatic rings. The number of nitrogens with two attached hydrogens (primary N) is 1. The number of amides is 2. The topological polar surface area (TPSA) is 172 Å². The Kier molecular flexibility index (Phi) is 16.0. The lowest BCUT2D eigenvalue weighted by molar-refractivity contribution is -0.179. The van der Waals surface area contributed by atoms with E-state index in [9.17, 15) is 24.0 Å². The molecule has 0 unspecified atom stereocenters. The summed E-state index contributed by atoms with van der Waals surface area (Å²) in [4.78, 5) is 66.4. The number of hydrogen-bond donors (Lipinski definition) is 3. The van der Waals surface area contributed by atoms with Gasteiger partial charge < -0.3 is 35.3 Å². The summed E-state index contributed by atoms with van der Waals surface area (Å²) in [6, 6.07) is 12.9. The lowest BCUT2D eigenvalue weighted by Crippen LogP contribution is -2.49. The van der Waals surface area contributed by atoms with Crippen molar-refractivity contribution < 1.29 is 42.9 Å². The van der Waals surface area contributed by atoms with Crippen molar-refractivity contribution in [3.05, 3.63) is 76.8 Å². The van der Waals surface area contributed by atoms with Crippen LogP contribution in [0.1, 0.15) is 64.0 Å². The molecule has 14 heteroatoms. The van der Waals surface area contributed by atoms with E-state index in [0.717, 1.165) is 0 Å². The summed E-state index contributed by atoms with van der Waals surface area (Å²) in [5.74, 6) is -4.59. The first-order chi connectivity index (χ1) is 24.5. The summed E-state index contributed by atoms with van der Waals surface area (Å²) >= 11 is 13.2. The molecule has 3 rings (SSSR count). The number of esters is 3. The second-order valence-corrected chi connectivity index (χ2v) is 14.9. The SMILES string of the molecule is COc1ccc(C[C@H]2NC(=O)/C=C/C[C@@H]([C@H](C)[C@@H](OC(=O)CN)[C@@H](Cl)c3ccccc3)OC(=O)[C@H](CC(C)(C)C)OC(=O)[C@H](C)CNC2=O)cc1Cl. The van der Waals surface area contributed by atoms with Gasteiger partial charge in [-0.15, -0.1) is 11.6 Å². The van der Waals surface area contributed by atoms with Gasteiger partial charge in [0.25, 0.3) is 0 Å². The maximum absolute atomic E-state index is 13.8. The summed E-state index contributed by atoms with van der Waals surface area (Å²) in [7, 11) is 1.48. The molecule has 0 fully saturated rings. The van der Waals surface area contributed by atoms with Gasteiger partial charge in [-0.1, -0.05) is 88.7 Å². The summed E-state index contributed by atoms with van der Waals surface area (Å²) < 4.78 is 22.7. The van der Waals surface area contributed by atoms with E-state index >= 15 is 0 Å². The number of rotatable bonds is 10. The fraction of sp³-hybridized carbons (Fsp3) is 0.500. The molecule has 1 aliphatic rings. The van der Waals surface area contributed by atoms with Gasteiger partial charge in [0, 0.05) is 31.7 Å². The highest BCUT2D eigenvalue weighted by Crippen LogP contribution is 2.35.